The van der Waals surface area contributed by atoms with Crippen LogP contribution in [0.25, 0.3) is 10.2 Å². The second-order valence-electron chi connectivity index (χ2n) is 6.47. The molecule has 0 saturated heterocycles. The lowest BCUT2D eigenvalue weighted by Crippen LogP contribution is -2.16. The van der Waals surface area contributed by atoms with E-state index in [2.05, 4.69) is 11.6 Å². The van der Waals surface area contributed by atoms with Crippen molar-refractivity contribution in [3.8, 4) is 17.2 Å². The third kappa shape index (κ3) is 4.18. The Labute approximate surface area is 178 Å². The number of rotatable bonds is 6. The molecule has 0 unspecified atom stereocenters. The highest BCUT2D eigenvalue weighted by molar-refractivity contribution is 7.16. The van der Waals surface area contributed by atoms with Gasteiger partial charge in [-0.15, -0.1) is 6.58 Å². The van der Waals surface area contributed by atoms with Gasteiger partial charge in [-0.05, 0) is 54.6 Å². The third-order valence-corrected chi connectivity index (χ3v) is 5.52. The summed E-state index contributed by atoms with van der Waals surface area (Å²) in [5, 5.41) is 0. The maximum absolute atomic E-state index is 12.8. The topological polar surface area (TPSA) is 52.8 Å². The summed E-state index contributed by atoms with van der Waals surface area (Å²) in [6.07, 6.45) is 1.79. The molecule has 0 spiro atoms. The Morgan fingerprint density at radius 1 is 1.03 bits per heavy atom. The first-order valence-electron chi connectivity index (χ1n) is 9.38. The number of nitrogens with zero attached hydrogens (tertiary/aromatic N) is 2. The molecule has 0 bridgehead atoms. The number of methoxy groups -OCH3 is 1. The van der Waals surface area contributed by atoms with E-state index in [0.29, 0.717) is 22.7 Å². The third-order valence-electron chi connectivity index (χ3n) is 4.48. The lowest BCUT2D eigenvalue weighted by molar-refractivity contribution is 0.0998. The van der Waals surface area contributed by atoms with E-state index in [0.717, 1.165) is 21.7 Å². The average molecular weight is 417 g/mol. The predicted octanol–water partition coefficient (Wildman–Crippen LogP) is 5.43. The summed E-state index contributed by atoms with van der Waals surface area (Å²) < 4.78 is 14.0. The fraction of sp³-hybridized carbons (Fsp3) is 0.0833. The Balaban J connectivity index is 1.64. The van der Waals surface area contributed by atoms with Crippen molar-refractivity contribution in [2.24, 2.45) is 4.99 Å². The standard InChI is InChI=1S/C24H20N2O3S/c1-3-15-26-21-14-13-20(28-2)16-22(21)30-24(26)25-23(27)17-9-11-19(12-10-17)29-18-7-5-4-6-8-18/h3-14,16H,1,15H2,2H3. The Kier molecular flexibility index (Phi) is 5.77. The van der Waals surface area contributed by atoms with Gasteiger partial charge in [0.05, 0.1) is 17.3 Å². The second-order valence-corrected chi connectivity index (χ2v) is 7.48. The molecule has 0 aliphatic rings. The van der Waals surface area contributed by atoms with Crippen LogP contribution in [-0.4, -0.2) is 17.6 Å². The zero-order valence-electron chi connectivity index (χ0n) is 16.4. The van der Waals surface area contributed by atoms with Crippen molar-refractivity contribution in [3.63, 3.8) is 0 Å². The van der Waals surface area contributed by atoms with E-state index >= 15 is 0 Å². The minimum atomic E-state index is -0.308. The zero-order chi connectivity index (χ0) is 20.9. The fourth-order valence-electron chi connectivity index (χ4n) is 3.01. The first-order chi connectivity index (χ1) is 14.7. The number of carbonyl (C=O) groups is 1. The SMILES string of the molecule is C=CCn1c(=NC(=O)c2ccc(Oc3ccccc3)cc2)sc2cc(OC)ccc21. The van der Waals surface area contributed by atoms with Gasteiger partial charge in [0.25, 0.3) is 5.91 Å². The van der Waals surface area contributed by atoms with Crippen LogP contribution in [0.2, 0.25) is 0 Å². The summed E-state index contributed by atoms with van der Waals surface area (Å²) in [4.78, 5) is 17.8. The average Bonchev–Trinajstić information content (AvgIpc) is 3.11. The fourth-order valence-corrected chi connectivity index (χ4v) is 4.08. The van der Waals surface area contributed by atoms with E-state index in [-0.39, 0.29) is 5.91 Å². The van der Waals surface area contributed by atoms with Crippen molar-refractivity contribution in [3.05, 3.63) is 95.8 Å². The lowest BCUT2D eigenvalue weighted by atomic mass is 10.2. The van der Waals surface area contributed by atoms with E-state index in [9.17, 15) is 4.79 Å². The van der Waals surface area contributed by atoms with E-state index < -0.39 is 0 Å². The Bertz CT molecular complexity index is 1260. The van der Waals surface area contributed by atoms with E-state index in [1.165, 1.54) is 11.3 Å². The molecule has 0 N–H and O–H groups in total. The lowest BCUT2D eigenvalue weighted by Gasteiger charge is -2.05. The largest absolute Gasteiger partial charge is 0.497 e. The van der Waals surface area contributed by atoms with Crippen molar-refractivity contribution in [2.45, 2.75) is 6.54 Å². The number of thiazole rings is 1. The van der Waals surface area contributed by atoms with Crippen LogP contribution >= 0.6 is 11.3 Å². The summed E-state index contributed by atoms with van der Waals surface area (Å²) in [5.74, 6) is 1.86. The molecule has 30 heavy (non-hydrogen) atoms. The number of aromatic nitrogens is 1. The molecule has 1 heterocycles. The first kappa shape index (κ1) is 19.7. The van der Waals surface area contributed by atoms with Gasteiger partial charge >= 0.3 is 0 Å². The summed E-state index contributed by atoms with van der Waals surface area (Å²) in [5.41, 5.74) is 1.48. The number of hydrogen-bond donors (Lipinski definition) is 0. The Hall–Kier alpha value is -3.64. The number of hydrogen-bond acceptors (Lipinski definition) is 4. The molecule has 1 amide bonds. The van der Waals surface area contributed by atoms with Crippen LogP contribution in [0.5, 0.6) is 17.2 Å². The van der Waals surface area contributed by atoms with Gasteiger partial charge < -0.3 is 14.0 Å². The Morgan fingerprint density at radius 3 is 2.43 bits per heavy atom. The number of amides is 1. The molecule has 4 aromatic rings. The molecular weight excluding hydrogens is 396 g/mol. The van der Waals surface area contributed by atoms with Gasteiger partial charge in [-0.25, -0.2) is 0 Å². The molecule has 0 aliphatic carbocycles. The Morgan fingerprint density at radius 2 is 1.73 bits per heavy atom. The molecule has 0 aliphatic heterocycles. The minimum absolute atomic E-state index is 0.308. The van der Waals surface area contributed by atoms with Gasteiger partial charge in [-0.1, -0.05) is 35.6 Å². The number of fused-ring (bicyclic) bond motifs is 1. The van der Waals surface area contributed by atoms with Crippen LogP contribution in [0.4, 0.5) is 0 Å². The van der Waals surface area contributed by atoms with Gasteiger partial charge in [0.15, 0.2) is 4.80 Å². The number of carbonyl (C=O) groups excluding carboxylic acids is 1. The summed E-state index contributed by atoms with van der Waals surface area (Å²) in [6, 6.07) is 22.3. The highest BCUT2D eigenvalue weighted by atomic mass is 32.1. The second kappa shape index (κ2) is 8.80. The number of benzene rings is 3. The predicted molar refractivity (Wildman–Crippen MR) is 119 cm³/mol. The first-order valence-corrected chi connectivity index (χ1v) is 10.2. The molecule has 4 rings (SSSR count). The quantitative estimate of drug-likeness (QED) is 0.394. The van der Waals surface area contributed by atoms with Gasteiger partial charge in [0, 0.05) is 12.1 Å². The maximum atomic E-state index is 12.8. The normalized spacial score (nSPS) is 11.4. The molecule has 3 aromatic carbocycles. The van der Waals surface area contributed by atoms with Crippen LogP contribution in [0.3, 0.4) is 0 Å². The van der Waals surface area contributed by atoms with Crippen molar-refractivity contribution in [2.75, 3.05) is 7.11 Å². The van der Waals surface area contributed by atoms with Gasteiger partial charge in [-0.3, -0.25) is 4.79 Å². The van der Waals surface area contributed by atoms with Gasteiger partial charge in [-0.2, -0.15) is 4.99 Å². The van der Waals surface area contributed by atoms with E-state index in [1.54, 1.807) is 37.5 Å². The molecular formula is C24H20N2O3S. The summed E-state index contributed by atoms with van der Waals surface area (Å²) in [6.45, 7) is 4.38. The molecule has 6 heteroatoms. The van der Waals surface area contributed by atoms with Crippen LogP contribution in [0, 0.1) is 0 Å². The van der Waals surface area contributed by atoms with E-state index in [4.69, 9.17) is 9.47 Å². The molecule has 150 valence electrons. The number of allylic oxidation sites excluding steroid dienone is 1. The molecule has 5 nitrogen and oxygen atoms in total. The van der Waals surface area contributed by atoms with Crippen LogP contribution in [0.1, 0.15) is 10.4 Å². The molecule has 0 atom stereocenters. The number of ether oxygens (including phenoxy) is 2. The van der Waals surface area contributed by atoms with Crippen LogP contribution in [-0.2, 0) is 6.54 Å². The van der Waals surface area contributed by atoms with Crippen molar-refractivity contribution >= 4 is 27.5 Å². The van der Waals surface area contributed by atoms with Gasteiger partial charge in [0.2, 0.25) is 0 Å². The zero-order valence-corrected chi connectivity index (χ0v) is 17.3. The van der Waals surface area contributed by atoms with Crippen LogP contribution in [0.15, 0.2) is 90.4 Å². The smallest absolute Gasteiger partial charge is 0.279 e. The molecule has 1 aromatic heterocycles. The summed E-state index contributed by atoms with van der Waals surface area (Å²) >= 11 is 1.44. The van der Waals surface area contributed by atoms with E-state index in [1.807, 2.05) is 53.1 Å². The monoisotopic (exact) mass is 416 g/mol. The van der Waals surface area contributed by atoms with Crippen molar-refractivity contribution in [1.82, 2.24) is 4.57 Å². The van der Waals surface area contributed by atoms with Crippen molar-refractivity contribution in [1.29, 1.82) is 0 Å². The van der Waals surface area contributed by atoms with Crippen molar-refractivity contribution < 1.29 is 14.3 Å². The summed E-state index contributed by atoms with van der Waals surface area (Å²) in [7, 11) is 1.63. The van der Waals surface area contributed by atoms with Gasteiger partial charge in [0.1, 0.15) is 17.2 Å². The maximum Gasteiger partial charge on any atom is 0.279 e. The van der Waals surface area contributed by atoms with Crippen LogP contribution < -0.4 is 14.3 Å². The highest BCUT2D eigenvalue weighted by Crippen LogP contribution is 2.24. The minimum Gasteiger partial charge on any atom is -0.497 e. The molecule has 0 saturated carbocycles. The molecule has 0 radical (unpaired) electrons. The number of para-hydroxylation sites is 1. The highest BCUT2D eigenvalue weighted by Gasteiger charge is 2.10. The molecule has 0 fully saturated rings.